The summed E-state index contributed by atoms with van der Waals surface area (Å²) in [7, 11) is 0. The van der Waals surface area contributed by atoms with Crippen LogP contribution in [0.25, 0.3) is 0 Å². The van der Waals surface area contributed by atoms with E-state index in [-0.39, 0.29) is 0 Å². The highest BCUT2D eigenvalue weighted by Gasteiger charge is 2.32. The predicted octanol–water partition coefficient (Wildman–Crippen LogP) is 2.23. The zero-order valence-electron chi connectivity index (χ0n) is 10.3. The van der Waals surface area contributed by atoms with Gasteiger partial charge >= 0.3 is 0 Å². The Morgan fingerprint density at radius 2 is 1.93 bits per heavy atom. The number of piperidine rings is 1. The Bertz CT molecular complexity index is 205. The van der Waals surface area contributed by atoms with Gasteiger partial charge in [-0.05, 0) is 44.1 Å². The lowest BCUT2D eigenvalue weighted by Crippen LogP contribution is -2.51. The van der Waals surface area contributed by atoms with Gasteiger partial charge in [-0.25, -0.2) is 0 Å². The maximum Gasteiger partial charge on any atom is 0.0168 e. The molecule has 0 amide bonds. The lowest BCUT2D eigenvalue weighted by molar-refractivity contribution is 0.0671. The van der Waals surface area contributed by atoms with Crippen molar-refractivity contribution >= 4 is 0 Å². The van der Waals surface area contributed by atoms with Crippen LogP contribution in [0, 0.1) is 11.8 Å². The zero-order chi connectivity index (χ0) is 10.8. The highest BCUT2D eigenvalue weighted by molar-refractivity contribution is 4.87. The van der Waals surface area contributed by atoms with Crippen molar-refractivity contribution < 1.29 is 0 Å². The van der Waals surface area contributed by atoms with E-state index >= 15 is 0 Å². The number of likely N-dealkylation sites (tertiary alicyclic amines) is 1. The fourth-order valence-corrected chi connectivity index (χ4v) is 3.35. The van der Waals surface area contributed by atoms with Gasteiger partial charge in [0.2, 0.25) is 0 Å². The quantitative estimate of drug-likeness (QED) is 0.719. The molecule has 4 atom stereocenters. The molecule has 2 heteroatoms. The molecule has 15 heavy (non-hydrogen) atoms. The van der Waals surface area contributed by atoms with Gasteiger partial charge in [0.05, 0.1) is 0 Å². The average molecular weight is 210 g/mol. The Morgan fingerprint density at radius 3 is 2.67 bits per heavy atom. The maximum absolute atomic E-state index is 6.07. The second kappa shape index (κ2) is 4.84. The fraction of sp³-hybridized carbons (Fsp3) is 1.00. The standard InChI is InChI=1S/C13H26N2/c1-10-5-6-11(2)13(8-10)15-7-3-4-12(14)9-15/h10-13H,3-9,14H2,1-2H3. The van der Waals surface area contributed by atoms with E-state index < -0.39 is 0 Å². The minimum Gasteiger partial charge on any atom is -0.327 e. The molecule has 0 aromatic rings. The van der Waals surface area contributed by atoms with Crippen molar-refractivity contribution in [3.8, 4) is 0 Å². The molecule has 2 aliphatic rings. The summed E-state index contributed by atoms with van der Waals surface area (Å²) in [6.45, 7) is 7.26. The van der Waals surface area contributed by atoms with Crippen LogP contribution in [0.2, 0.25) is 0 Å². The maximum atomic E-state index is 6.07. The zero-order valence-corrected chi connectivity index (χ0v) is 10.3. The third kappa shape index (κ3) is 2.73. The van der Waals surface area contributed by atoms with Gasteiger partial charge in [-0.2, -0.15) is 0 Å². The molecule has 0 spiro atoms. The van der Waals surface area contributed by atoms with E-state index in [9.17, 15) is 0 Å². The molecule has 0 radical (unpaired) electrons. The molecule has 1 saturated heterocycles. The molecule has 1 aliphatic carbocycles. The number of nitrogens with zero attached hydrogens (tertiary/aromatic N) is 1. The molecular weight excluding hydrogens is 184 g/mol. The van der Waals surface area contributed by atoms with Crippen molar-refractivity contribution in [2.75, 3.05) is 13.1 Å². The van der Waals surface area contributed by atoms with Crippen LogP contribution in [-0.2, 0) is 0 Å². The Balaban J connectivity index is 1.94. The largest absolute Gasteiger partial charge is 0.327 e. The number of hydrogen-bond acceptors (Lipinski definition) is 2. The van der Waals surface area contributed by atoms with Gasteiger partial charge in [-0.15, -0.1) is 0 Å². The first-order chi connectivity index (χ1) is 7.16. The topological polar surface area (TPSA) is 29.3 Å². The molecule has 2 rings (SSSR count). The van der Waals surface area contributed by atoms with Crippen molar-refractivity contribution in [2.24, 2.45) is 17.6 Å². The van der Waals surface area contributed by atoms with E-state index in [1.807, 2.05) is 0 Å². The van der Waals surface area contributed by atoms with Gasteiger partial charge in [0.15, 0.2) is 0 Å². The summed E-state index contributed by atoms with van der Waals surface area (Å²) in [5.74, 6) is 1.80. The van der Waals surface area contributed by atoms with Crippen molar-refractivity contribution in [3.05, 3.63) is 0 Å². The van der Waals surface area contributed by atoms with Crippen molar-refractivity contribution in [1.82, 2.24) is 4.90 Å². The van der Waals surface area contributed by atoms with Crippen LogP contribution in [-0.4, -0.2) is 30.1 Å². The first kappa shape index (κ1) is 11.4. The van der Waals surface area contributed by atoms with Crippen molar-refractivity contribution in [2.45, 2.75) is 58.0 Å². The molecule has 1 heterocycles. The molecule has 1 aliphatic heterocycles. The summed E-state index contributed by atoms with van der Waals surface area (Å²) >= 11 is 0. The summed E-state index contributed by atoms with van der Waals surface area (Å²) in [5.41, 5.74) is 6.07. The number of rotatable bonds is 1. The average Bonchev–Trinajstić information content (AvgIpc) is 2.22. The monoisotopic (exact) mass is 210 g/mol. The fourth-order valence-electron chi connectivity index (χ4n) is 3.35. The van der Waals surface area contributed by atoms with Gasteiger partial charge in [-0.1, -0.05) is 20.3 Å². The van der Waals surface area contributed by atoms with Crippen molar-refractivity contribution in [3.63, 3.8) is 0 Å². The summed E-state index contributed by atoms with van der Waals surface area (Å²) < 4.78 is 0. The molecule has 0 aromatic heterocycles. The van der Waals surface area contributed by atoms with E-state index in [1.54, 1.807) is 0 Å². The molecule has 1 saturated carbocycles. The highest BCUT2D eigenvalue weighted by Crippen LogP contribution is 2.32. The van der Waals surface area contributed by atoms with E-state index in [0.717, 1.165) is 24.4 Å². The molecule has 2 N–H and O–H groups in total. The summed E-state index contributed by atoms with van der Waals surface area (Å²) in [6.07, 6.45) is 6.77. The number of hydrogen-bond donors (Lipinski definition) is 1. The lowest BCUT2D eigenvalue weighted by Gasteiger charge is -2.43. The summed E-state index contributed by atoms with van der Waals surface area (Å²) in [6, 6.07) is 1.25. The van der Waals surface area contributed by atoms with Crippen LogP contribution in [0.1, 0.15) is 46.0 Å². The smallest absolute Gasteiger partial charge is 0.0168 e. The van der Waals surface area contributed by atoms with Crippen LogP contribution < -0.4 is 5.73 Å². The second-order valence-electron chi connectivity index (χ2n) is 5.86. The Hall–Kier alpha value is -0.0800. The Kier molecular flexibility index (Phi) is 3.68. The molecule has 2 nitrogen and oxygen atoms in total. The van der Waals surface area contributed by atoms with Crippen LogP contribution in [0.5, 0.6) is 0 Å². The van der Waals surface area contributed by atoms with Gasteiger partial charge in [0.25, 0.3) is 0 Å². The van der Waals surface area contributed by atoms with E-state index in [4.69, 9.17) is 5.73 Å². The van der Waals surface area contributed by atoms with Crippen LogP contribution >= 0.6 is 0 Å². The molecule has 2 fully saturated rings. The first-order valence-electron chi connectivity index (χ1n) is 6.66. The van der Waals surface area contributed by atoms with Gasteiger partial charge in [-0.3, -0.25) is 4.90 Å². The second-order valence-corrected chi connectivity index (χ2v) is 5.86. The number of nitrogens with two attached hydrogens (primary N) is 1. The molecular formula is C13H26N2. The van der Waals surface area contributed by atoms with E-state index in [0.29, 0.717) is 6.04 Å². The molecule has 88 valence electrons. The first-order valence-corrected chi connectivity index (χ1v) is 6.66. The van der Waals surface area contributed by atoms with E-state index in [1.165, 1.54) is 38.6 Å². The SMILES string of the molecule is CC1CCC(C)C(N2CCCC(N)C2)C1. The molecule has 0 aromatic carbocycles. The van der Waals surface area contributed by atoms with Gasteiger partial charge in [0, 0.05) is 18.6 Å². The summed E-state index contributed by atoms with van der Waals surface area (Å²) in [4.78, 5) is 2.68. The Morgan fingerprint density at radius 1 is 1.13 bits per heavy atom. The van der Waals surface area contributed by atoms with Gasteiger partial charge in [0.1, 0.15) is 0 Å². The minimum absolute atomic E-state index is 0.434. The third-order valence-electron chi connectivity index (χ3n) is 4.37. The normalized spacial score (nSPS) is 44.2. The van der Waals surface area contributed by atoms with Gasteiger partial charge < -0.3 is 5.73 Å². The Labute approximate surface area is 94.2 Å². The summed E-state index contributed by atoms with van der Waals surface area (Å²) in [5, 5.41) is 0. The molecule has 0 bridgehead atoms. The molecule has 4 unspecified atom stereocenters. The minimum atomic E-state index is 0.434. The third-order valence-corrected chi connectivity index (χ3v) is 4.37. The van der Waals surface area contributed by atoms with Crippen LogP contribution in [0.15, 0.2) is 0 Å². The van der Waals surface area contributed by atoms with Crippen LogP contribution in [0.4, 0.5) is 0 Å². The lowest BCUT2D eigenvalue weighted by atomic mass is 9.78. The van der Waals surface area contributed by atoms with Crippen molar-refractivity contribution in [1.29, 1.82) is 0 Å². The highest BCUT2D eigenvalue weighted by atomic mass is 15.2. The van der Waals surface area contributed by atoms with E-state index in [2.05, 4.69) is 18.7 Å². The predicted molar refractivity (Wildman–Crippen MR) is 64.7 cm³/mol. The van der Waals surface area contributed by atoms with Crippen LogP contribution in [0.3, 0.4) is 0 Å².